The fourth-order valence-electron chi connectivity index (χ4n) is 1.78. The van der Waals surface area contributed by atoms with E-state index in [0.717, 1.165) is 0 Å². The number of nitrogens with two attached hydrogens (primary N) is 1. The minimum atomic E-state index is -4.22. The van der Waals surface area contributed by atoms with Crippen molar-refractivity contribution in [2.45, 2.75) is 37.5 Å². The molecule has 1 atom stereocenters. The second-order valence-electron chi connectivity index (χ2n) is 4.01. The molecule has 1 saturated carbocycles. The van der Waals surface area contributed by atoms with E-state index in [2.05, 4.69) is 4.98 Å². The van der Waals surface area contributed by atoms with Crippen LogP contribution in [0, 0.1) is 0 Å². The van der Waals surface area contributed by atoms with E-state index in [1.165, 1.54) is 17.1 Å². The van der Waals surface area contributed by atoms with E-state index in [1.54, 1.807) is 6.92 Å². The average Bonchev–Trinajstić information content (AvgIpc) is 2.76. The van der Waals surface area contributed by atoms with Gasteiger partial charge in [-0.25, -0.2) is 4.98 Å². The standard InChI is InChI=1S/C9H12F3N3/c1-6(13)7-4-14-5-15(7)8(2-3-8)9(10,11)12/h4-6H,2-3,13H2,1H3/t6-/m0/s1. The lowest BCUT2D eigenvalue weighted by Crippen LogP contribution is -2.36. The highest BCUT2D eigenvalue weighted by Crippen LogP contribution is 2.56. The number of hydrogen-bond acceptors (Lipinski definition) is 2. The molecule has 1 heterocycles. The van der Waals surface area contributed by atoms with Crippen molar-refractivity contribution in [1.82, 2.24) is 9.55 Å². The Hall–Kier alpha value is -1.04. The van der Waals surface area contributed by atoms with Crippen LogP contribution in [-0.2, 0) is 5.54 Å². The summed E-state index contributed by atoms with van der Waals surface area (Å²) in [5, 5.41) is 0. The first-order chi connectivity index (χ1) is 6.88. The van der Waals surface area contributed by atoms with Crippen molar-refractivity contribution in [2.75, 3.05) is 0 Å². The van der Waals surface area contributed by atoms with Gasteiger partial charge in [-0.05, 0) is 19.8 Å². The molecule has 0 radical (unpaired) electrons. The minimum Gasteiger partial charge on any atom is -0.323 e. The highest BCUT2D eigenvalue weighted by Gasteiger charge is 2.65. The van der Waals surface area contributed by atoms with Crippen LogP contribution in [-0.4, -0.2) is 15.7 Å². The Bertz CT molecular complexity index is 363. The molecule has 1 aromatic heterocycles. The van der Waals surface area contributed by atoms with Crippen LogP contribution >= 0.6 is 0 Å². The predicted molar refractivity (Wildman–Crippen MR) is 48.1 cm³/mol. The molecule has 2 N–H and O–H groups in total. The first kappa shape index (κ1) is 10.5. The molecule has 15 heavy (non-hydrogen) atoms. The lowest BCUT2D eigenvalue weighted by Gasteiger charge is -2.24. The van der Waals surface area contributed by atoms with Crippen molar-refractivity contribution in [3.63, 3.8) is 0 Å². The first-order valence-corrected chi connectivity index (χ1v) is 4.73. The van der Waals surface area contributed by atoms with Crippen LogP contribution in [0.3, 0.4) is 0 Å². The Balaban J connectivity index is 2.42. The lowest BCUT2D eigenvalue weighted by atomic mass is 10.2. The minimum absolute atomic E-state index is 0.118. The number of hydrogen-bond donors (Lipinski definition) is 1. The number of rotatable bonds is 2. The van der Waals surface area contributed by atoms with Gasteiger partial charge in [-0.3, -0.25) is 0 Å². The average molecular weight is 219 g/mol. The number of nitrogens with zero attached hydrogens (tertiary/aromatic N) is 2. The van der Waals surface area contributed by atoms with Crippen LogP contribution in [0.25, 0.3) is 0 Å². The van der Waals surface area contributed by atoms with Crippen molar-refractivity contribution in [3.05, 3.63) is 18.2 Å². The normalized spacial score (nSPS) is 21.4. The molecule has 0 amide bonds. The quantitative estimate of drug-likeness (QED) is 0.826. The molecule has 2 rings (SSSR count). The summed E-state index contributed by atoms with van der Waals surface area (Å²) in [4.78, 5) is 3.75. The molecule has 0 unspecified atom stereocenters. The number of alkyl halides is 3. The molecule has 0 spiro atoms. The summed E-state index contributed by atoms with van der Waals surface area (Å²) in [6.07, 6.45) is -1.37. The van der Waals surface area contributed by atoms with Crippen molar-refractivity contribution in [2.24, 2.45) is 5.73 Å². The van der Waals surface area contributed by atoms with Crippen molar-refractivity contribution < 1.29 is 13.2 Å². The second-order valence-corrected chi connectivity index (χ2v) is 4.01. The summed E-state index contributed by atoms with van der Waals surface area (Å²) in [5.74, 6) is 0. The SMILES string of the molecule is C[C@H](N)c1cncn1C1(C(F)(F)F)CC1. The maximum Gasteiger partial charge on any atom is 0.411 e. The highest BCUT2D eigenvalue weighted by molar-refractivity contribution is 5.15. The van der Waals surface area contributed by atoms with Gasteiger partial charge in [-0.1, -0.05) is 0 Å². The van der Waals surface area contributed by atoms with Gasteiger partial charge in [0, 0.05) is 12.2 Å². The number of aromatic nitrogens is 2. The van der Waals surface area contributed by atoms with Crippen molar-refractivity contribution >= 4 is 0 Å². The van der Waals surface area contributed by atoms with Crippen LogP contribution < -0.4 is 5.73 Å². The molecule has 0 saturated heterocycles. The summed E-state index contributed by atoms with van der Waals surface area (Å²) in [6.45, 7) is 1.65. The summed E-state index contributed by atoms with van der Waals surface area (Å²) < 4.78 is 39.6. The summed E-state index contributed by atoms with van der Waals surface area (Å²) in [7, 11) is 0. The molecule has 1 aromatic rings. The number of halogens is 3. The fraction of sp³-hybridized carbons (Fsp3) is 0.667. The zero-order valence-corrected chi connectivity index (χ0v) is 8.25. The van der Waals surface area contributed by atoms with Crippen LogP contribution in [0.4, 0.5) is 13.2 Å². The van der Waals surface area contributed by atoms with Crippen molar-refractivity contribution in [1.29, 1.82) is 0 Å². The summed E-state index contributed by atoms with van der Waals surface area (Å²) in [5.41, 5.74) is 4.29. The smallest absolute Gasteiger partial charge is 0.323 e. The second kappa shape index (κ2) is 2.98. The van der Waals surface area contributed by atoms with Gasteiger partial charge in [0.15, 0.2) is 0 Å². The van der Waals surface area contributed by atoms with Crippen LogP contribution in [0.5, 0.6) is 0 Å². The Morgan fingerprint density at radius 2 is 2.13 bits per heavy atom. The van der Waals surface area contributed by atoms with Gasteiger partial charge >= 0.3 is 6.18 Å². The van der Waals surface area contributed by atoms with Gasteiger partial charge in [0.1, 0.15) is 5.54 Å². The third-order valence-electron chi connectivity index (χ3n) is 2.85. The van der Waals surface area contributed by atoms with E-state index >= 15 is 0 Å². The zero-order chi connectivity index (χ0) is 11.3. The van der Waals surface area contributed by atoms with E-state index < -0.39 is 17.8 Å². The Morgan fingerprint density at radius 1 is 1.53 bits per heavy atom. The molecule has 0 aromatic carbocycles. The molecule has 0 aliphatic heterocycles. The van der Waals surface area contributed by atoms with Gasteiger partial charge in [-0.15, -0.1) is 0 Å². The largest absolute Gasteiger partial charge is 0.411 e. The van der Waals surface area contributed by atoms with Crippen LogP contribution in [0.1, 0.15) is 31.5 Å². The van der Waals surface area contributed by atoms with Gasteiger partial charge in [0.2, 0.25) is 0 Å². The van der Waals surface area contributed by atoms with E-state index in [9.17, 15) is 13.2 Å². The number of imidazole rings is 1. The topological polar surface area (TPSA) is 43.8 Å². The molecular formula is C9H12F3N3. The van der Waals surface area contributed by atoms with Crippen LogP contribution in [0.15, 0.2) is 12.5 Å². The summed E-state index contributed by atoms with van der Waals surface area (Å²) >= 11 is 0. The molecule has 6 heteroatoms. The Kier molecular flexibility index (Phi) is 2.08. The Labute approximate surface area is 85.1 Å². The third kappa shape index (κ3) is 1.43. The van der Waals surface area contributed by atoms with E-state index in [-0.39, 0.29) is 12.8 Å². The van der Waals surface area contributed by atoms with Gasteiger partial charge < -0.3 is 10.3 Å². The van der Waals surface area contributed by atoms with E-state index in [1.807, 2.05) is 0 Å². The van der Waals surface area contributed by atoms with Gasteiger partial charge in [0.25, 0.3) is 0 Å². The first-order valence-electron chi connectivity index (χ1n) is 4.73. The molecule has 1 fully saturated rings. The zero-order valence-electron chi connectivity index (χ0n) is 8.25. The van der Waals surface area contributed by atoms with E-state index in [4.69, 9.17) is 5.73 Å². The fourth-order valence-corrected chi connectivity index (χ4v) is 1.78. The van der Waals surface area contributed by atoms with Gasteiger partial charge in [-0.2, -0.15) is 13.2 Å². The lowest BCUT2D eigenvalue weighted by molar-refractivity contribution is -0.180. The predicted octanol–water partition coefficient (Wildman–Crippen LogP) is 1.95. The van der Waals surface area contributed by atoms with E-state index in [0.29, 0.717) is 5.69 Å². The molecule has 84 valence electrons. The third-order valence-corrected chi connectivity index (χ3v) is 2.85. The molecular weight excluding hydrogens is 207 g/mol. The molecule has 1 aliphatic rings. The monoisotopic (exact) mass is 219 g/mol. The molecule has 0 bridgehead atoms. The maximum absolute atomic E-state index is 12.8. The Morgan fingerprint density at radius 3 is 2.53 bits per heavy atom. The summed E-state index contributed by atoms with van der Waals surface area (Å²) in [6, 6.07) is -0.438. The molecule has 1 aliphatic carbocycles. The maximum atomic E-state index is 12.8. The highest BCUT2D eigenvalue weighted by atomic mass is 19.4. The van der Waals surface area contributed by atoms with Gasteiger partial charge in [0.05, 0.1) is 12.0 Å². The van der Waals surface area contributed by atoms with Crippen LogP contribution in [0.2, 0.25) is 0 Å². The van der Waals surface area contributed by atoms with Crippen molar-refractivity contribution in [3.8, 4) is 0 Å². The molecule has 3 nitrogen and oxygen atoms in total.